The molecule has 0 atom stereocenters. The van der Waals surface area contributed by atoms with E-state index in [2.05, 4.69) is 62.0 Å². The van der Waals surface area contributed by atoms with Crippen LogP contribution in [0.3, 0.4) is 0 Å². The van der Waals surface area contributed by atoms with Gasteiger partial charge in [-0.3, -0.25) is 0 Å². The Hall–Kier alpha value is -3.93. The van der Waals surface area contributed by atoms with Gasteiger partial charge >= 0.3 is 0 Å². The summed E-state index contributed by atoms with van der Waals surface area (Å²) in [7, 11) is 0. The van der Waals surface area contributed by atoms with Crippen molar-refractivity contribution in [1.29, 1.82) is 0 Å². The fourth-order valence-corrected chi connectivity index (χ4v) is 4.20. The molecule has 0 radical (unpaired) electrons. The minimum absolute atomic E-state index is 0.604. The van der Waals surface area contributed by atoms with E-state index < -0.39 is 0 Å². The zero-order valence-electron chi connectivity index (χ0n) is 16.7. The molecule has 146 valence electrons. The first kappa shape index (κ1) is 17.0. The van der Waals surface area contributed by atoms with Crippen molar-refractivity contribution in [3.05, 3.63) is 78.2 Å². The van der Waals surface area contributed by atoms with Crippen LogP contribution >= 0.6 is 0 Å². The lowest BCUT2D eigenvalue weighted by Gasteiger charge is -2.22. The second-order valence-electron chi connectivity index (χ2n) is 7.55. The zero-order valence-corrected chi connectivity index (χ0v) is 16.7. The summed E-state index contributed by atoms with van der Waals surface area (Å²) in [6.45, 7) is 4.68. The third kappa shape index (κ3) is 2.40. The monoisotopic (exact) mass is 393 g/mol. The van der Waals surface area contributed by atoms with Crippen LogP contribution in [0.1, 0.15) is 11.3 Å². The number of pyridine rings is 1. The van der Waals surface area contributed by atoms with Gasteiger partial charge in [-0.15, -0.1) is 0 Å². The maximum absolute atomic E-state index is 6.29. The Morgan fingerprint density at radius 2 is 1.53 bits per heavy atom. The number of nitrogens with zero attached hydrogens (tertiary/aromatic N) is 5. The lowest BCUT2D eigenvalue weighted by Crippen LogP contribution is -2.25. The number of para-hydroxylation sites is 1. The molecular weight excluding hydrogens is 374 g/mol. The van der Waals surface area contributed by atoms with Crippen molar-refractivity contribution in [2.45, 2.75) is 13.8 Å². The van der Waals surface area contributed by atoms with E-state index in [1.165, 1.54) is 0 Å². The van der Waals surface area contributed by atoms with Crippen LogP contribution in [0, 0.1) is 13.8 Å². The van der Waals surface area contributed by atoms with Gasteiger partial charge in [0.15, 0.2) is 17.2 Å². The van der Waals surface area contributed by atoms with Crippen LogP contribution in [0.25, 0.3) is 22.1 Å². The molecule has 2 aromatic carbocycles. The van der Waals surface area contributed by atoms with Crippen LogP contribution in [0.5, 0.6) is 0 Å². The third-order valence-electron chi connectivity index (χ3n) is 5.61. The molecule has 1 aliphatic rings. The normalized spacial score (nSPS) is 13.4. The lowest BCUT2D eigenvalue weighted by molar-refractivity contribution is 0.651. The molecule has 0 saturated heterocycles. The number of anilines is 4. The SMILES string of the molecule is Cc1ccc2c(n1)oc1c(N3CN(c4ccccc4)c4nccnc43)c(C)ccc12. The maximum Gasteiger partial charge on any atom is 0.227 e. The molecule has 0 N–H and O–H groups in total. The summed E-state index contributed by atoms with van der Waals surface area (Å²) >= 11 is 0. The smallest absolute Gasteiger partial charge is 0.227 e. The maximum atomic E-state index is 6.29. The van der Waals surface area contributed by atoms with Gasteiger partial charge in [-0.1, -0.05) is 30.3 Å². The van der Waals surface area contributed by atoms with Gasteiger partial charge in [0, 0.05) is 34.5 Å². The number of rotatable bonds is 2. The molecule has 3 aromatic heterocycles. The van der Waals surface area contributed by atoms with Crippen molar-refractivity contribution >= 4 is 45.1 Å². The van der Waals surface area contributed by atoms with Gasteiger partial charge in [0.05, 0.1) is 5.69 Å². The molecule has 6 nitrogen and oxygen atoms in total. The molecule has 4 heterocycles. The number of aromatic nitrogens is 3. The van der Waals surface area contributed by atoms with Crippen LogP contribution in [-0.2, 0) is 0 Å². The molecule has 0 fully saturated rings. The third-order valence-corrected chi connectivity index (χ3v) is 5.61. The molecule has 6 heteroatoms. The van der Waals surface area contributed by atoms with E-state index >= 15 is 0 Å². The molecule has 0 bridgehead atoms. The largest absolute Gasteiger partial charge is 0.435 e. The van der Waals surface area contributed by atoms with Crippen LogP contribution in [0.2, 0.25) is 0 Å². The molecule has 5 aromatic rings. The highest BCUT2D eigenvalue weighted by molar-refractivity contribution is 6.09. The van der Waals surface area contributed by atoms with Gasteiger partial charge in [0.2, 0.25) is 5.71 Å². The Bertz CT molecular complexity index is 1410. The summed E-state index contributed by atoms with van der Waals surface area (Å²) in [6.07, 6.45) is 3.47. The summed E-state index contributed by atoms with van der Waals surface area (Å²) in [6, 6.07) is 18.6. The van der Waals surface area contributed by atoms with E-state index in [9.17, 15) is 0 Å². The van der Waals surface area contributed by atoms with Crippen molar-refractivity contribution in [1.82, 2.24) is 15.0 Å². The first-order valence-electron chi connectivity index (χ1n) is 9.91. The average Bonchev–Trinajstić information content (AvgIpc) is 3.32. The van der Waals surface area contributed by atoms with E-state index in [1.807, 2.05) is 31.2 Å². The number of fused-ring (bicyclic) bond motifs is 4. The van der Waals surface area contributed by atoms with Crippen LogP contribution in [-0.4, -0.2) is 21.6 Å². The molecule has 30 heavy (non-hydrogen) atoms. The Kier molecular flexibility index (Phi) is 3.56. The van der Waals surface area contributed by atoms with Gasteiger partial charge < -0.3 is 14.2 Å². The molecule has 0 unspecified atom stereocenters. The molecule has 1 aliphatic heterocycles. The van der Waals surface area contributed by atoms with Crippen LogP contribution in [0.15, 0.2) is 71.4 Å². The quantitative estimate of drug-likeness (QED) is 0.387. The Balaban J connectivity index is 1.59. The van der Waals surface area contributed by atoms with Gasteiger partial charge in [0.1, 0.15) is 6.67 Å². The fourth-order valence-electron chi connectivity index (χ4n) is 4.20. The van der Waals surface area contributed by atoms with Gasteiger partial charge in [-0.25, -0.2) is 15.0 Å². The van der Waals surface area contributed by atoms with E-state index in [0.717, 1.165) is 50.6 Å². The highest BCUT2D eigenvalue weighted by atomic mass is 16.3. The van der Waals surface area contributed by atoms with E-state index in [1.54, 1.807) is 12.4 Å². The van der Waals surface area contributed by atoms with Gasteiger partial charge in [-0.05, 0) is 43.7 Å². The number of aryl methyl sites for hydroxylation is 2. The van der Waals surface area contributed by atoms with Crippen molar-refractivity contribution in [3.63, 3.8) is 0 Å². The van der Waals surface area contributed by atoms with Gasteiger partial charge in [-0.2, -0.15) is 0 Å². The van der Waals surface area contributed by atoms with E-state index in [0.29, 0.717) is 12.4 Å². The summed E-state index contributed by atoms with van der Waals surface area (Å²) in [5.74, 6) is 1.66. The Morgan fingerprint density at radius 3 is 2.33 bits per heavy atom. The molecular formula is C24H19N5O. The topological polar surface area (TPSA) is 58.3 Å². The number of hydrogen-bond acceptors (Lipinski definition) is 6. The first-order chi connectivity index (χ1) is 14.7. The Labute approximate surface area is 173 Å². The summed E-state index contributed by atoms with van der Waals surface area (Å²) in [5.41, 5.74) is 5.62. The number of hydrogen-bond donors (Lipinski definition) is 0. The van der Waals surface area contributed by atoms with Crippen molar-refractivity contribution < 1.29 is 4.42 Å². The first-order valence-corrected chi connectivity index (χ1v) is 9.91. The number of benzene rings is 2. The molecule has 6 rings (SSSR count). The second-order valence-corrected chi connectivity index (χ2v) is 7.55. The van der Waals surface area contributed by atoms with Crippen molar-refractivity contribution in [2.75, 3.05) is 16.5 Å². The molecule has 0 saturated carbocycles. The minimum Gasteiger partial charge on any atom is -0.435 e. The summed E-state index contributed by atoms with van der Waals surface area (Å²) in [5, 5.41) is 2.08. The van der Waals surface area contributed by atoms with Crippen LogP contribution in [0.4, 0.5) is 23.0 Å². The van der Waals surface area contributed by atoms with Gasteiger partial charge in [0.25, 0.3) is 0 Å². The standard InChI is InChI=1S/C24H19N5O/c1-15-8-10-18-19-11-9-16(2)27-24(19)30-21(18)20(15)29-14-28(17-6-4-3-5-7-17)22-23(29)26-13-12-25-22/h3-13H,14H2,1-2H3. The predicted octanol–water partition coefficient (Wildman–Crippen LogP) is 5.64. The van der Waals surface area contributed by atoms with E-state index in [4.69, 9.17) is 4.42 Å². The lowest BCUT2D eigenvalue weighted by atomic mass is 10.1. The predicted molar refractivity (Wildman–Crippen MR) is 119 cm³/mol. The number of furan rings is 1. The Morgan fingerprint density at radius 1 is 0.800 bits per heavy atom. The molecule has 0 aliphatic carbocycles. The summed E-state index contributed by atoms with van der Waals surface area (Å²) < 4.78 is 6.29. The fraction of sp³-hybridized carbons (Fsp3) is 0.125. The highest BCUT2D eigenvalue weighted by Crippen LogP contribution is 2.45. The summed E-state index contributed by atoms with van der Waals surface area (Å²) in [4.78, 5) is 18.3. The van der Waals surface area contributed by atoms with Crippen molar-refractivity contribution in [3.8, 4) is 0 Å². The van der Waals surface area contributed by atoms with E-state index in [-0.39, 0.29) is 0 Å². The minimum atomic E-state index is 0.604. The van der Waals surface area contributed by atoms with Crippen molar-refractivity contribution in [2.24, 2.45) is 0 Å². The zero-order chi connectivity index (χ0) is 20.2. The van der Waals surface area contributed by atoms with Crippen LogP contribution < -0.4 is 9.80 Å². The molecule has 0 amide bonds. The highest BCUT2D eigenvalue weighted by Gasteiger charge is 2.33. The second kappa shape index (κ2) is 6.29. The molecule has 0 spiro atoms. The average molecular weight is 393 g/mol.